The SMILES string of the molecule is CCCCCCCCCCCCCCCCCC[N+](C)(CCCCCCCCCCCCCCCCCC)C1C[C@H]2[C@@H]3CCC4CCCC[C@]4(C)[C@H]3CC[C@]2(C)[C@H]1[C@H](C)CCCC(C)C.[I-]. The molecule has 2 unspecified atom stereocenters. The summed E-state index contributed by atoms with van der Waals surface area (Å²) in [5, 5.41) is 0. The standard InChI is InChI=1S/C64H124N.HI/c1-9-11-13-15-17-19-21-23-25-27-29-31-33-35-37-41-52-65(8,53-42-38-36-34-32-30-28-26-24-22-20-18-16-14-12-10-2)61-54-60-58-48-47-57-46-39-40-50-63(57,6)59(58)49-51-64(60,7)62(61)56(5)45-43-44-55(3)4;/h55-62H,9-54H2,1-8H3;1H/q+1;/p-1/t56-,57?,58-,59+,60+,61?,62+,63+,64+;/m1./s1. The smallest absolute Gasteiger partial charge is 0.0927 e. The van der Waals surface area contributed by atoms with Crippen LogP contribution in [-0.2, 0) is 0 Å². The molecule has 0 amide bonds. The van der Waals surface area contributed by atoms with Crippen LogP contribution in [-0.4, -0.2) is 30.7 Å². The number of hydrogen-bond acceptors (Lipinski definition) is 0. The van der Waals surface area contributed by atoms with Crippen LogP contribution in [0.4, 0.5) is 0 Å². The number of halogens is 1. The minimum absolute atomic E-state index is 0. The van der Waals surface area contributed by atoms with Gasteiger partial charge in [-0.2, -0.15) is 0 Å². The first-order chi connectivity index (χ1) is 31.6. The summed E-state index contributed by atoms with van der Waals surface area (Å²) in [4.78, 5) is 0. The van der Waals surface area contributed by atoms with Crippen molar-refractivity contribution in [3.63, 3.8) is 0 Å². The molecular formula is C64H124IN. The number of fused-ring (bicyclic) bond motifs is 5. The molecule has 0 aliphatic heterocycles. The molecule has 0 saturated heterocycles. The lowest BCUT2D eigenvalue weighted by Crippen LogP contribution is -3.00. The molecule has 0 aromatic carbocycles. The molecule has 2 heteroatoms. The van der Waals surface area contributed by atoms with E-state index in [9.17, 15) is 0 Å². The highest BCUT2D eigenvalue weighted by Crippen LogP contribution is 2.69. The third-order valence-corrected chi connectivity index (χ3v) is 20.6. The third-order valence-electron chi connectivity index (χ3n) is 20.6. The highest BCUT2D eigenvalue weighted by atomic mass is 127. The van der Waals surface area contributed by atoms with Gasteiger partial charge in [0.1, 0.15) is 0 Å². The lowest BCUT2D eigenvalue weighted by molar-refractivity contribution is -0.937. The Morgan fingerprint density at radius 2 is 0.864 bits per heavy atom. The van der Waals surface area contributed by atoms with E-state index in [0.29, 0.717) is 10.8 Å². The summed E-state index contributed by atoms with van der Waals surface area (Å²) >= 11 is 0. The minimum atomic E-state index is 0. The van der Waals surface area contributed by atoms with E-state index < -0.39 is 0 Å². The quantitative estimate of drug-likeness (QED) is 0.0326. The Kier molecular flexibility index (Phi) is 32.3. The molecule has 0 spiro atoms. The average Bonchev–Trinajstić information content (AvgIpc) is 3.62. The molecule has 4 aliphatic carbocycles. The van der Waals surface area contributed by atoms with Gasteiger partial charge >= 0.3 is 0 Å². The maximum absolute atomic E-state index is 2.92. The van der Waals surface area contributed by atoms with Gasteiger partial charge in [0.15, 0.2) is 0 Å². The van der Waals surface area contributed by atoms with Crippen molar-refractivity contribution in [2.75, 3.05) is 20.1 Å². The van der Waals surface area contributed by atoms with Gasteiger partial charge in [0.05, 0.1) is 26.2 Å². The van der Waals surface area contributed by atoms with Crippen LogP contribution >= 0.6 is 0 Å². The summed E-state index contributed by atoms with van der Waals surface area (Å²) in [6, 6.07) is 0.891. The fourth-order valence-electron chi connectivity index (χ4n) is 16.5. The molecule has 1 nitrogen and oxygen atoms in total. The number of rotatable bonds is 40. The van der Waals surface area contributed by atoms with Crippen molar-refractivity contribution in [3.05, 3.63) is 0 Å². The summed E-state index contributed by atoms with van der Waals surface area (Å²) in [5.74, 6) is 6.70. The monoisotopic (exact) mass is 1030 g/mol. The van der Waals surface area contributed by atoms with Crippen molar-refractivity contribution < 1.29 is 28.5 Å². The molecule has 392 valence electrons. The van der Waals surface area contributed by atoms with Crippen LogP contribution in [0.15, 0.2) is 0 Å². The van der Waals surface area contributed by atoms with Gasteiger partial charge in [0, 0.05) is 12.3 Å². The van der Waals surface area contributed by atoms with Crippen molar-refractivity contribution in [2.45, 2.75) is 337 Å². The minimum Gasteiger partial charge on any atom is -1.00 e. The van der Waals surface area contributed by atoms with Crippen molar-refractivity contribution >= 4 is 0 Å². The van der Waals surface area contributed by atoms with Crippen molar-refractivity contribution in [1.82, 2.24) is 0 Å². The molecule has 4 rings (SSSR count). The van der Waals surface area contributed by atoms with E-state index >= 15 is 0 Å². The van der Waals surface area contributed by atoms with Gasteiger partial charge in [-0.1, -0.05) is 260 Å². The molecule has 4 saturated carbocycles. The molecular weight excluding hydrogens is 910 g/mol. The molecule has 0 heterocycles. The Balaban J connectivity index is 0.0000116. The average molecular weight is 1030 g/mol. The van der Waals surface area contributed by atoms with E-state index in [2.05, 4.69) is 55.5 Å². The zero-order valence-electron chi connectivity index (χ0n) is 47.0. The van der Waals surface area contributed by atoms with Crippen LogP contribution in [0.1, 0.15) is 331 Å². The van der Waals surface area contributed by atoms with Crippen LogP contribution < -0.4 is 24.0 Å². The summed E-state index contributed by atoms with van der Waals surface area (Å²) < 4.78 is 1.43. The molecule has 0 radical (unpaired) electrons. The third kappa shape index (κ3) is 20.3. The first-order valence-corrected chi connectivity index (χ1v) is 31.4. The van der Waals surface area contributed by atoms with Gasteiger partial charge in [-0.05, 0) is 111 Å². The Morgan fingerprint density at radius 1 is 0.439 bits per heavy atom. The normalized spacial score (nSPS) is 28.0. The second-order valence-corrected chi connectivity index (χ2v) is 26.1. The van der Waals surface area contributed by atoms with Gasteiger partial charge in [-0.3, -0.25) is 0 Å². The predicted molar refractivity (Wildman–Crippen MR) is 292 cm³/mol. The van der Waals surface area contributed by atoms with Gasteiger partial charge in [0.2, 0.25) is 0 Å². The number of nitrogens with zero attached hydrogens (tertiary/aromatic N) is 1. The first-order valence-electron chi connectivity index (χ1n) is 31.4. The van der Waals surface area contributed by atoms with E-state index in [0.717, 1.165) is 47.5 Å². The second kappa shape index (κ2) is 34.9. The van der Waals surface area contributed by atoms with Crippen molar-refractivity contribution in [1.29, 1.82) is 0 Å². The van der Waals surface area contributed by atoms with Gasteiger partial charge in [0.25, 0.3) is 0 Å². The molecule has 9 atom stereocenters. The molecule has 66 heavy (non-hydrogen) atoms. The number of hydrogen-bond donors (Lipinski definition) is 0. The summed E-state index contributed by atoms with van der Waals surface area (Å²) in [7, 11) is 2.85. The van der Waals surface area contributed by atoms with E-state index in [4.69, 9.17) is 0 Å². The Hall–Kier alpha value is 0.690. The number of quaternary nitrogens is 1. The van der Waals surface area contributed by atoms with Crippen LogP contribution in [0.2, 0.25) is 0 Å². The summed E-state index contributed by atoms with van der Waals surface area (Å²) in [6.45, 7) is 21.1. The molecule has 0 aromatic heterocycles. The fraction of sp³-hybridized carbons (Fsp3) is 1.00. The van der Waals surface area contributed by atoms with E-state index in [-0.39, 0.29) is 24.0 Å². The van der Waals surface area contributed by atoms with Gasteiger partial charge in [-0.25, -0.2) is 0 Å². The highest BCUT2D eigenvalue weighted by molar-refractivity contribution is 5.12. The lowest BCUT2D eigenvalue weighted by atomic mass is 9.44. The predicted octanol–water partition coefficient (Wildman–Crippen LogP) is 18.4. The largest absolute Gasteiger partial charge is 1.00 e. The Morgan fingerprint density at radius 3 is 1.29 bits per heavy atom. The Labute approximate surface area is 435 Å². The zero-order chi connectivity index (χ0) is 46.6. The fourth-order valence-corrected chi connectivity index (χ4v) is 16.5. The number of unbranched alkanes of at least 4 members (excludes halogenated alkanes) is 30. The second-order valence-electron chi connectivity index (χ2n) is 26.1. The van der Waals surface area contributed by atoms with Crippen LogP contribution in [0.25, 0.3) is 0 Å². The lowest BCUT2D eigenvalue weighted by Gasteiger charge is -2.60. The molecule has 0 aromatic rings. The van der Waals surface area contributed by atoms with Crippen molar-refractivity contribution in [3.8, 4) is 0 Å². The first kappa shape index (κ1) is 61.0. The molecule has 4 fully saturated rings. The van der Waals surface area contributed by atoms with Crippen LogP contribution in [0.3, 0.4) is 0 Å². The van der Waals surface area contributed by atoms with Gasteiger partial charge in [-0.15, -0.1) is 0 Å². The highest BCUT2D eigenvalue weighted by Gasteiger charge is 2.65. The van der Waals surface area contributed by atoms with E-state index in [1.165, 1.54) is 255 Å². The van der Waals surface area contributed by atoms with Crippen LogP contribution in [0.5, 0.6) is 0 Å². The van der Waals surface area contributed by atoms with Gasteiger partial charge < -0.3 is 28.5 Å². The molecule has 0 bridgehead atoms. The van der Waals surface area contributed by atoms with E-state index in [1.807, 2.05) is 0 Å². The topological polar surface area (TPSA) is 0 Å². The summed E-state index contributed by atoms with van der Waals surface area (Å²) in [5.41, 5.74) is 1.21. The summed E-state index contributed by atoms with van der Waals surface area (Å²) in [6.07, 6.45) is 65.5. The molecule has 4 aliphatic rings. The zero-order valence-corrected chi connectivity index (χ0v) is 49.1. The Bertz CT molecular complexity index is 1110. The molecule has 0 N–H and O–H groups in total. The maximum Gasteiger partial charge on any atom is 0.0927 e. The van der Waals surface area contributed by atoms with Crippen molar-refractivity contribution in [2.24, 2.45) is 52.3 Å². The maximum atomic E-state index is 2.92. The van der Waals surface area contributed by atoms with Crippen LogP contribution in [0, 0.1) is 52.3 Å². The van der Waals surface area contributed by atoms with E-state index in [1.54, 1.807) is 44.9 Å².